The van der Waals surface area contributed by atoms with Gasteiger partial charge in [-0.15, -0.1) is 11.6 Å². The Balaban J connectivity index is -0.000000684. The molecule has 264 valence electrons. The van der Waals surface area contributed by atoms with Crippen LogP contribution in [0.4, 0.5) is 0 Å². The molecule has 1 aromatic rings. The maximum absolute atomic E-state index is 5.64. The molecule has 0 amide bonds. The number of pyridine rings is 1. The van der Waals surface area contributed by atoms with E-state index in [1.54, 1.807) is 0 Å². The Bertz CT molecular complexity index is 565. The highest BCUT2D eigenvalue weighted by Gasteiger charge is 1.98. The number of rotatable bonds is 29. The van der Waals surface area contributed by atoms with Crippen molar-refractivity contribution < 1.29 is 17.0 Å². The van der Waals surface area contributed by atoms with Crippen molar-refractivity contribution in [3.63, 3.8) is 0 Å². The van der Waals surface area contributed by atoms with Crippen molar-refractivity contribution in [1.29, 1.82) is 0 Å². The first-order valence-corrected chi connectivity index (χ1v) is 19.7. The fourth-order valence-electron chi connectivity index (χ4n) is 5.36. The first-order chi connectivity index (χ1) is 21.1. The van der Waals surface area contributed by atoms with Crippen molar-refractivity contribution in [3.8, 4) is 0 Å². The molecule has 0 N–H and O–H groups in total. The lowest BCUT2D eigenvalue weighted by Gasteiger charge is -2.02. The standard InChI is InChI=1S/C21H38N.C16H33Cl.C3H9N.ClH/c1-2-3-4-5-6-7-8-9-10-11-12-13-14-16-19-22-20-17-15-18-21-22;1-2-3-4-5-6-7-8-9-10-11-12-13-14-15-16-17;1-4(2)3;/h15,17-18,20-21H,2-14,16,19H2,1H3;2-16H2,1H3;1-3H3;1H/q+1;;;/p-1. The van der Waals surface area contributed by atoms with E-state index in [1.807, 2.05) is 26.0 Å². The van der Waals surface area contributed by atoms with Gasteiger partial charge in [0.05, 0.1) is 0 Å². The highest BCUT2D eigenvalue weighted by Crippen LogP contribution is 2.14. The largest absolute Gasteiger partial charge is 1.00 e. The van der Waals surface area contributed by atoms with Crippen LogP contribution in [0.25, 0.3) is 0 Å². The van der Waals surface area contributed by atoms with Crippen molar-refractivity contribution in [3.05, 3.63) is 30.6 Å². The molecule has 1 rings (SSSR count). The number of aromatic nitrogens is 1. The number of hydrogen-bond donors (Lipinski definition) is 0. The molecule has 0 saturated heterocycles. The molecule has 1 aromatic heterocycles. The molecule has 0 atom stereocenters. The Labute approximate surface area is 290 Å². The summed E-state index contributed by atoms with van der Waals surface area (Å²) in [4.78, 5) is 2.00. The molecular weight excluding hydrogens is 579 g/mol. The molecule has 0 radical (unpaired) electrons. The summed E-state index contributed by atoms with van der Waals surface area (Å²) >= 11 is 5.64. The molecule has 44 heavy (non-hydrogen) atoms. The summed E-state index contributed by atoms with van der Waals surface area (Å²) in [6, 6.07) is 6.31. The third-order valence-corrected chi connectivity index (χ3v) is 8.30. The molecule has 2 nitrogen and oxygen atoms in total. The van der Waals surface area contributed by atoms with Gasteiger partial charge in [0, 0.05) is 24.4 Å². The van der Waals surface area contributed by atoms with Gasteiger partial charge in [0.25, 0.3) is 0 Å². The van der Waals surface area contributed by atoms with E-state index in [-0.39, 0.29) is 12.4 Å². The number of halogens is 2. The van der Waals surface area contributed by atoms with Crippen molar-refractivity contribution in [1.82, 2.24) is 4.90 Å². The molecule has 0 aliphatic heterocycles. The Morgan fingerprint density at radius 1 is 0.409 bits per heavy atom. The molecule has 0 spiro atoms. The van der Waals surface area contributed by atoms with Gasteiger partial charge in [-0.3, -0.25) is 0 Å². The summed E-state index contributed by atoms with van der Waals surface area (Å²) in [5.41, 5.74) is 0. The number of nitrogens with zero attached hydrogens (tertiary/aromatic N) is 2. The highest BCUT2D eigenvalue weighted by molar-refractivity contribution is 6.17. The van der Waals surface area contributed by atoms with Gasteiger partial charge in [0.1, 0.15) is 6.54 Å². The molecule has 0 aromatic carbocycles. The summed E-state index contributed by atoms with van der Waals surface area (Å²) in [5, 5.41) is 0. The van der Waals surface area contributed by atoms with E-state index in [4.69, 9.17) is 11.6 Å². The highest BCUT2D eigenvalue weighted by atomic mass is 35.5. The fourth-order valence-corrected chi connectivity index (χ4v) is 5.55. The zero-order chi connectivity index (χ0) is 31.9. The third-order valence-electron chi connectivity index (χ3n) is 8.03. The Morgan fingerprint density at radius 2 is 0.659 bits per heavy atom. The van der Waals surface area contributed by atoms with Crippen LogP contribution in [-0.4, -0.2) is 31.9 Å². The van der Waals surface area contributed by atoms with Crippen LogP contribution in [-0.2, 0) is 6.54 Å². The zero-order valence-corrected chi connectivity index (χ0v) is 32.3. The zero-order valence-electron chi connectivity index (χ0n) is 30.8. The summed E-state index contributed by atoms with van der Waals surface area (Å²) in [6.07, 6.45) is 44.3. The Kier molecular flexibility index (Phi) is 49.0. The molecule has 0 unspecified atom stereocenters. The van der Waals surface area contributed by atoms with Crippen LogP contribution in [0.15, 0.2) is 30.6 Å². The molecule has 0 aliphatic carbocycles. The van der Waals surface area contributed by atoms with Gasteiger partial charge in [-0.05, 0) is 34.0 Å². The third kappa shape index (κ3) is 48.6. The van der Waals surface area contributed by atoms with E-state index in [2.05, 4.69) is 49.0 Å². The van der Waals surface area contributed by atoms with Crippen molar-refractivity contribution >= 4 is 11.6 Å². The minimum absolute atomic E-state index is 0. The lowest BCUT2D eigenvalue weighted by Crippen LogP contribution is -3.00. The fraction of sp³-hybridized carbons (Fsp3) is 0.875. The van der Waals surface area contributed by atoms with Crippen LogP contribution in [0.3, 0.4) is 0 Å². The average molecular weight is 660 g/mol. The minimum Gasteiger partial charge on any atom is -1.00 e. The number of aryl methyl sites for hydroxylation is 1. The lowest BCUT2D eigenvalue weighted by atomic mass is 10.0. The predicted molar refractivity (Wildman–Crippen MR) is 198 cm³/mol. The van der Waals surface area contributed by atoms with Gasteiger partial charge in [0.15, 0.2) is 12.4 Å². The van der Waals surface area contributed by atoms with Crippen molar-refractivity contribution in [2.45, 2.75) is 200 Å². The van der Waals surface area contributed by atoms with Crippen LogP contribution in [0, 0.1) is 0 Å². The second kappa shape index (κ2) is 44.8. The van der Waals surface area contributed by atoms with Crippen LogP contribution >= 0.6 is 11.6 Å². The second-order valence-electron chi connectivity index (χ2n) is 13.3. The number of unbranched alkanes of at least 4 members (excludes halogenated alkanes) is 26. The molecule has 4 heteroatoms. The minimum atomic E-state index is 0. The molecule has 0 bridgehead atoms. The van der Waals surface area contributed by atoms with Gasteiger partial charge in [0.2, 0.25) is 0 Å². The summed E-state index contributed by atoms with van der Waals surface area (Å²) in [6.45, 7) is 5.76. The van der Waals surface area contributed by atoms with E-state index in [9.17, 15) is 0 Å². The second-order valence-corrected chi connectivity index (χ2v) is 13.7. The monoisotopic (exact) mass is 659 g/mol. The van der Waals surface area contributed by atoms with Crippen molar-refractivity contribution in [2.24, 2.45) is 0 Å². The van der Waals surface area contributed by atoms with Crippen LogP contribution in [0.5, 0.6) is 0 Å². The first-order valence-electron chi connectivity index (χ1n) is 19.2. The average Bonchev–Trinajstić information content (AvgIpc) is 3.00. The van der Waals surface area contributed by atoms with E-state index < -0.39 is 0 Å². The van der Waals surface area contributed by atoms with Gasteiger partial charge < -0.3 is 17.3 Å². The predicted octanol–water partition coefficient (Wildman–Crippen LogP) is 10.3. The van der Waals surface area contributed by atoms with E-state index in [0.29, 0.717) is 0 Å². The Hall–Kier alpha value is -0.310. The molecule has 0 saturated carbocycles. The normalized spacial score (nSPS) is 10.5. The number of alkyl halides is 1. The maximum atomic E-state index is 5.64. The lowest BCUT2D eigenvalue weighted by molar-refractivity contribution is -0.697. The van der Waals surface area contributed by atoms with Gasteiger partial charge >= 0.3 is 0 Å². The summed E-state index contributed by atoms with van der Waals surface area (Å²) in [7, 11) is 6.00. The maximum Gasteiger partial charge on any atom is 0.168 e. The topological polar surface area (TPSA) is 7.12 Å². The van der Waals surface area contributed by atoms with E-state index in [0.717, 1.165) is 5.88 Å². The quantitative estimate of drug-likeness (QED) is 0.0472. The van der Waals surface area contributed by atoms with Crippen molar-refractivity contribution in [2.75, 3.05) is 27.0 Å². The molecule has 1 heterocycles. The van der Waals surface area contributed by atoms with E-state index in [1.165, 1.54) is 186 Å². The molecular formula is C40H80Cl2N2. The number of hydrogen-bond acceptors (Lipinski definition) is 1. The van der Waals surface area contributed by atoms with Crippen LogP contribution in [0.2, 0.25) is 0 Å². The smallest absolute Gasteiger partial charge is 0.168 e. The van der Waals surface area contributed by atoms with E-state index >= 15 is 0 Å². The first kappa shape index (κ1) is 48.1. The SMILES string of the molecule is CCCCCCCCCCCCCCCCCl.CCCCCCCCCCCCCCCC[n+]1ccccc1.CN(C)C.[Cl-]. The van der Waals surface area contributed by atoms with Gasteiger partial charge in [-0.1, -0.05) is 180 Å². The Morgan fingerprint density at radius 3 is 0.932 bits per heavy atom. The molecule has 0 fully saturated rings. The van der Waals surface area contributed by atoms with Crippen LogP contribution < -0.4 is 17.0 Å². The van der Waals surface area contributed by atoms with Gasteiger partial charge in [-0.25, -0.2) is 4.57 Å². The van der Waals surface area contributed by atoms with Crippen LogP contribution in [0.1, 0.15) is 194 Å². The summed E-state index contributed by atoms with van der Waals surface area (Å²) < 4.78 is 2.29. The summed E-state index contributed by atoms with van der Waals surface area (Å²) in [5.74, 6) is 0.845. The van der Waals surface area contributed by atoms with Gasteiger partial charge in [-0.2, -0.15) is 0 Å². The molecule has 0 aliphatic rings.